The maximum atomic E-state index is 12.3. The summed E-state index contributed by atoms with van der Waals surface area (Å²) in [5.74, 6) is -1.21. The zero-order chi connectivity index (χ0) is 20.7. The molecule has 1 aliphatic carbocycles. The maximum absolute atomic E-state index is 12.3. The number of rotatable bonds is 5. The summed E-state index contributed by atoms with van der Waals surface area (Å²) >= 11 is 0. The molecule has 0 atom stereocenters. The molecule has 2 N–H and O–H groups in total. The normalized spacial score (nSPS) is 18.5. The van der Waals surface area contributed by atoms with Gasteiger partial charge in [-0.3, -0.25) is 9.59 Å². The summed E-state index contributed by atoms with van der Waals surface area (Å²) in [5, 5.41) is 14.8. The van der Waals surface area contributed by atoms with Gasteiger partial charge in [0.15, 0.2) is 6.61 Å². The number of urea groups is 1. The molecule has 1 saturated carbocycles. The van der Waals surface area contributed by atoms with Gasteiger partial charge in [0, 0.05) is 18.8 Å². The van der Waals surface area contributed by atoms with Crippen LogP contribution in [0.15, 0.2) is 30.3 Å². The SMILES string of the molecule is N#CC1(NC(=O)COC(=O)C2CCN(C(=O)Nc3ccccc3)CC2)CCCC1. The molecule has 0 radical (unpaired) electrons. The van der Waals surface area contributed by atoms with Crippen LogP contribution in [0.1, 0.15) is 38.5 Å². The molecule has 0 aromatic heterocycles. The van der Waals surface area contributed by atoms with E-state index in [4.69, 9.17) is 4.74 Å². The predicted molar refractivity (Wildman–Crippen MR) is 106 cm³/mol. The highest BCUT2D eigenvalue weighted by molar-refractivity contribution is 5.89. The Labute approximate surface area is 170 Å². The lowest BCUT2D eigenvalue weighted by molar-refractivity contribution is -0.154. The minimum atomic E-state index is -0.819. The van der Waals surface area contributed by atoms with E-state index in [9.17, 15) is 19.6 Å². The number of benzene rings is 1. The first-order valence-electron chi connectivity index (χ1n) is 10.0. The lowest BCUT2D eigenvalue weighted by Gasteiger charge is -2.31. The number of amides is 3. The van der Waals surface area contributed by atoms with Crippen molar-refractivity contribution in [2.45, 2.75) is 44.1 Å². The van der Waals surface area contributed by atoms with E-state index >= 15 is 0 Å². The minimum absolute atomic E-state index is 0.194. The van der Waals surface area contributed by atoms with E-state index in [1.165, 1.54) is 0 Å². The standard InChI is InChI=1S/C21H26N4O4/c22-15-21(10-4-5-11-21)24-18(26)14-29-19(27)16-8-12-25(13-9-16)20(28)23-17-6-2-1-3-7-17/h1-3,6-7,16H,4-5,8-14H2,(H,23,28)(H,24,26). The first kappa shape index (κ1) is 20.6. The maximum Gasteiger partial charge on any atom is 0.321 e. The molecule has 8 heteroatoms. The monoisotopic (exact) mass is 398 g/mol. The number of piperidine rings is 1. The van der Waals surface area contributed by atoms with Gasteiger partial charge in [-0.25, -0.2) is 4.79 Å². The molecule has 1 heterocycles. The number of hydrogen-bond acceptors (Lipinski definition) is 5. The van der Waals surface area contributed by atoms with Crippen molar-refractivity contribution < 1.29 is 19.1 Å². The van der Waals surface area contributed by atoms with Gasteiger partial charge in [-0.15, -0.1) is 0 Å². The van der Waals surface area contributed by atoms with Gasteiger partial charge >= 0.3 is 12.0 Å². The average Bonchev–Trinajstić information content (AvgIpc) is 3.21. The lowest BCUT2D eigenvalue weighted by Crippen LogP contribution is -2.47. The summed E-state index contributed by atoms with van der Waals surface area (Å²) < 4.78 is 5.16. The number of nitrogens with zero attached hydrogens (tertiary/aromatic N) is 2. The lowest BCUT2D eigenvalue weighted by atomic mass is 9.97. The smallest absolute Gasteiger partial charge is 0.321 e. The van der Waals surface area contributed by atoms with Gasteiger partial charge in [0.1, 0.15) is 5.54 Å². The first-order chi connectivity index (χ1) is 14.0. The summed E-state index contributed by atoms with van der Waals surface area (Å²) in [6, 6.07) is 11.2. The number of ether oxygens (including phenoxy) is 1. The molecule has 8 nitrogen and oxygen atoms in total. The van der Waals surface area contributed by atoms with Crippen LogP contribution in [0.5, 0.6) is 0 Å². The predicted octanol–water partition coefficient (Wildman–Crippen LogP) is 2.43. The van der Waals surface area contributed by atoms with Crippen molar-refractivity contribution in [1.82, 2.24) is 10.2 Å². The number of esters is 1. The zero-order valence-corrected chi connectivity index (χ0v) is 16.4. The Kier molecular flexibility index (Phi) is 6.70. The minimum Gasteiger partial charge on any atom is -0.455 e. The zero-order valence-electron chi connectivity index (χ0n) is 16.4. The second-order valence-corrected chi connectivity index (χ2v) is 7.61. The molecule has 0 unspecified atom stereocenters. The van der Waals surface area contributed by atoms with E-state index in [-0.39, 0.29) is 18.6 Å². The number of carbonyl (C=O) groups is 3. The van der Waals surface area contributed by atoms with Crippen LogP contribution in [-0.4, -0.2) is 48.0 Å². The quantitative estimate of drug-likeness (QED) is 0.740. The number of nitriles is 1. The van der Waals surface area contributed by atoms with Gasteiger partial charge in [-0.2, -0.15) is 5.26 Å². The topological polar surface area (TPSA) is 112 Å². The Morgan fingerprint density at radius 2 is 1.79 bits per heavy atom. The summed E-state index contributed by atoms with van der Waals surface area (Å²) in [6.45, 7) is 0.515. The molecule has 1 aromatic carbocycles. The summed E-state index contributed by atoms with van der Waals surface area (Å²) in [7, 11) is 0. The van der Waals surface area contributed by atoms with E-state index in [0.717, 1.165) is 18.5 Å². The Hall–Kier alpha value is -3.08. The Morgan fingerprint density at radius 1 is 1.14 bits per heavy atom. The fraction of sp³-hybridized carbons (Fsp3) is 0.524. The fourth-order valence-electron chi connectivity index (χ4n) is 3.84. The van der Waals surface area contributed by atoms with Crippen LogP contribution < -0.4 is 10.6 Å². The number of likely N-dealkylation sites (tertiary alicyclic amines) is 1. The second-order valence-electron chi connectivity index (χ2n) is 7.61. The van der Waals surface area contributed by atoms with Crippen molar-refractivity contribution in [1.29, 1.82) is 5.26 Å². The molecule has 1 aliphatic heterocycles. The van der Waals surface area contributed by atoms with Gasteiger partial charge in [0.05, 0.1) is 12.0 Å². The van der Waals surface area contributed by atoms with Gasteiger partial charge in [0.2, 0.25) is 0 Å². The third kappa shape index (κ3) is 5.47. The summed E-state index contributed by atoms with van der Waals surface area (Å²) in [6.07, 6.45) is 4.06. The Morgan fingerprint density at radius 3 is 2.41 bits per heavy atom. The molecule has 1 saturated heterocycles. The van der Waals surface area contributed by atoms with Crippen LogP contribution in [0.2, 0.25) is 0 Å². The van der Waals surface area contributed by atoms with Crippen LogP contribution in [0.4, 0.5) is 10.5 Å². The highest BCUT2D eigenvalue weighted by Crippen LogP contribution is 2.28. The van der Waals surface area contributed by atoms with Crippen molar-refractivity contribution >= 4 is 23.6 Å². The molecule has 0 spiro atoms. The highest BCUT2D eigenvalue weighted by atomic mass is 16.5. The molecule has 29 heavy (non-hydrogen) atoms. The van der Waals surface area contributed by atoms with Crippen molar-refractivity contribution in [3.05, 3.63) is 30.3 Å². The summed E-state index contributed by atoms with van der Waals surface area (Å²) in [4.78, 5) is 38.3. The molecule has 2 aliphatic rings. The van der Waals surface area contributed by atoms with E-state index < -0.39 is 17.4 Å². The average molecular weight is 398 g/mol. The van der Waals surface area contributed by atoms with Gasteiger partial charge in [-0.1, -0.05) is 18.2 Å². The number of carbonyl (C=O) groups excluding carboxylic acids is 3. The number of nitrogens with one attached hydrogen (secondary N) is 2. The molecule has 2 fully saturated rings. The van der Waals surface area contributed by atoms with Crippen LogP contribution >= 0.6 is 0 Å². The Balaban J connectivity index is 1.39. The largest absolute Gasteiger partial charge is 0.455 e. The van der Waals surface area contributed by atoms with Crippen molar-refractivity contribution in [2.75, 3.05) is 25.0 Å². The van der Waals surface area contributed by atoms with E-state index in [1.54, 1.807) is 4.90 Å². The van der Waals surface area contributed by atoms with Gasteiger partial charge < -0.3 is 20.3 Å². The first-order valence-corrected chi connectivity index (χ1v) is 10.0. The highest BCUT2D eigenvalue weighted by Gasteiger charge is 2.36. The molecular formula is C21H26N4O4. The molecule has 0 bridgehead atoms. The van der Waals surface area contributed by atoms with Crippen LogP contribution in [0.3, 0.4) is 0 Å². The second kappa shape index (κ2) is 9.41. The third-order valence-corrected chi connectivity index (χ3v) is 5.54. The van der Waals surface area contributed by atoms with Crippen LogP contribution in [0.25, 0.3) is 0 Å². The molecule has 154 valence electrons. The van der Waals surface area contributed by atoms with Crippen LogP contribution in [-0.2, 0) is 14.3 Å². The van der Waals surface area contributed by atoms with Crippen molar-refractivity contribution in [3.63, 3.8) is 0 Å². The molecular weight excluding hydrogens is 372 g/mol. The third-order valence-electron chi connectivity index (χ3n) is 5.54. The van der Waals surface area contributed by atoms with Crippen molar-refractivity contribution in [2.24, 2.45) is 5.92 Å². The Bertz CT molecular complexity index is 776. The van der Waals surface area contributed by atoms with Crippen LogP contribution in [0, 0.1) is 17.2 Å². The number of hydrogen-bond donors (Lipinski definition) is 2. The van der Waals surface area contributed by atoms with E-state index in [0.29, 0.717) is 38.8 Å². The molecule has 1 aromatic rings. The van der Waals surface area contributed by atoms with Gasteiger partial charge in [0.25, 0.3) is 5.91 Å². The summed E-state index contributed by atoms with van der Waals surface area (Å²) in [5.41, 5.74) is -0.0940. The number of anilines is 1. The van der Waals surface area contributed by atoms with Gasteiger partial charge in [-0.05, 0) is 50.7 Å². The van der Waals surface area contributed by atoms with Crippen molar-refractivity contribution in [3.8, 4) is 6.07 Å². The fourth-order valence-corrected chi connectivity index (χ4v) is 3.84. The van der Waals surface area contributed by atoms with E-state index in [2.05, 4.69) is 16.7 Å². The molecule has 3 amide bonds. The molecule has 3 rings (SSSR count). The number of para-hydroxylation sites is 1. The van der Waals surface area contributed by atoms with E-state index in [1.807, 2.05) is 30.3 Å².